The standard InChI is InChI=1S/C17H17ClN4O/c1-17(2,15(19)23)12-8-20-16(18)21-14(12)11-9-22(3)13-7-5-4-6-10(11)13/h4-9H,1-3H3,(H2,19,23). The minimum Gasteiger partial charge on any atom is -0.369 e. The Morgan fingerprint density at radius 2 is 2.00 bits per heavy atom. The first-order valence-electron chi connectivity index (χ1n) is 7.19. The van der Waals surface area contributed by atoms with Crippen LogP contribution in [0.15, 0.2) is 36.7 Å². The highest BCUT2D eigenvalue weighted by atomic mass is 35.5. The molecule has 0 aliphatic heterocycles. The predicted molar refractivity (Wildman–Crippen MR) is 91.2 cm³/mol. The van der Waals surface area contributed by atoms with Crippen LogP contribution in [0.25, 0.3) is 22.2 Å². The van der Waals surface area contributed by atoms with Crippen LogP contribution in [-0.4, -0.2) is 20.4 Å². The van der Waals surface area contributed by atoms with E-state index in [1.54, 1.807) is 20.0 Å². The fraction of sp³-hybridized carbons (Fsp3) is 0.235. The van der Waals surface area contributed by atoms with Crippen LogP contribution in [0.4, 0.5) is 0 Å². The van der Waals surface area contributed by atoms with E-state index in [0.29, 0.717) is 11.3 Å². The van der Waals surface area contributed by atoms with Gasteiger partial charge < -0.3 is 10.3 Å². The van der Waals surface area contributed by atoms with Gasteiger partial charge in [0.15, 0.2) is 0 Å². The van der Waals surface area contributed by atoms with Crippen molar-refractivity contribution >= 4 is 28.4 Å². The molecule has 1 amide bonds. The monoisotopic (exact) mass is 328 g/mol. The summed E-state index contributed by atoms with van der Waals surface area (Å²) in [4.78, 5) is 20.3. The van der Waals surface area contributed by atoms with Gasteiger partial charge in [-0.05, 0) is 31.5 Å². The molecule has 2 N–H and O–H groups in total. The van der Waals surface area contributed by atoms with E-state index in [9.17, 15) is 4.79 Å². The molecule has 0 unspecified atom stereocenters. The molecule has 0 spiro atoms. The Kier molecular flexibility index (Phi) is 3.60. The number of carbonyl (C=O) groups is 1. The number of primary amides is 1. The summed E-state index contributed by atoms with van der Waals surface area (Å²) in [5.41, 5.74) is 7.92. The molecule has 0 bridgehead atoms. The van der Waals surface area contributed by atoms with Gasteiger partial charge in [-0.2, -0.15) is 0 Å². The van der Waals surface area contributed by atoms with E-state index in [2.05, 4.69) is 9.97 Å². The molecule has 0 saturated carbocycles. The second-order valence-corrected chi connectivity index (χ2v) is 6.40. The first-order valence-corrected chi connectivity index (χ1v) is 7.57. The number of benzene rings is 1. The largest absolute Gasteiger partial charge is 0.369 e. The summed E-state index contributed by atoms with van der Waals surface area (Å²) in [6.07, 6.45) is 3.56. The van der Waals surface area contributed by atoms with Gasteiger partial charge in [-0.1, -0.05) is 18.2 Å². The molecule has 0 fully saturated rings. The van der Waals surface area contributed by atoms with E-state index in [1.165, 1.54) is 0 Å². The first-order chi connectivity index (χ1) is 10.8. The Balaban J connectivity index is 2.35. The third-order valence-electron chi connectivity index (χ3n) is 4.20. The summed E-state index contributed by atoms with van der Waals surface area (Å²) < 4.78 is 2.02. The molecule has 0 radical (unpaired) electrons. The number of amides is 1. The zero-order chi connectivity index (χ0) is 16.8. The molecule has 3 rings (SSSR count). The van der Waals surface area contributed by atoms with Crippen molar-refractivity contribution in [2.75, 3.05) is 0 Å². The van der Waals surface area contributed by atoms with Crippen molar-refractivity contribution in [1.29, 1.82) is 0 Å². The number of carbonyl (C=O) groups excluding carboxylic acids is 1. The number of hydrogen-bond acceptors (Lipinski definition) is 3. The maximum absolute atomic E-state index is 11.9. The van der Waals surface area contributed by atoms with Gasteiger partial charge >= 0.3 is 0 Å². The molecule has 0 saturated heterocycles. The Hall–Kier alpha value is -2.40. The maximum atomic E-state index is 11.9. The van der Waals surface area contributed by atoms with E-state index >= 15 is 0 Å². The number of hydrogen-bond donors (Lipinski definition) is 1. The highest BCUT2D eigenvalue weighted by Crippen LogP contribution is 2.36. The van der Waals surface area contributed by atoms with Crippen molar-refractivity contribution in [3.8, 4) is 11.3 Å². The van der Waals surface area contributed by atoms with Crippen LogP contribution in [0.2, 0.25) is 5.28 Å². The fourth-order valence-electron chi connectivity index (χ4n) is 2.69. The minimum atomic E-state index is -0.906. The van der Waals surface area contributed by atoms with Gasteiger partial charge in [0, 0.05) is 41.5 Å². The van der Waals surface area contributed by atoms with E-state index in [0.717, 1.165) is 16.5 Å². The topological polar surface area (TPSA) is 73.8 Å². The molecular formula is C17H17ClN4O. The SMILES string of the molecule is Cn1cc(-c2nc(Cl)ncc2C(C)(C)C(N)=O)c2ccccc21. The van der Waals surface area contributed by atoms with Crippen molar-refractivity contribution in [2.45, 2.75) is 19.3 Å². The van der Waals surface area contributed by atoms with Crippen molar-refractivity contribution in [3.63, 3.8) is 0 Å². The first kappa shape index (κ1) is 15.5. The van der Waals surface area contributed by atoms with Gasteiger partial charge in [0.2, 0.25) is 11.2 Å². The molecule has 23 heavy (non-hydrogen) atoms. The van der Waals surface area contributed by atoms with Gasteiger partial charge in [0.25, 0.3) is 0 Å². The Labute approximate surface area is 139 Å². The molecule has 1 aromatic carbocycles. The lowest BCUT2D eigenvalue weighted by Gasteiger charge is -2.23. The molecule has 2 aromatic heterocycles. The number of nitrogens with zero attached hydrogens (tertiary/aromatic N) is 3. The lowest BCUT2D eigenvalue weighted by atomic mass is 9.82. The quantitative estimate of drug-likeness (QED) is 0.751. The Bertz CT molecular complexity index is 914. The lowest BCUT2D eigenvalue weighted by Crippen LogP contribution is -2.36. The second kappa shape index (κ2) is 5.35. The minimum absolute atomic E-state index is 0.136. The highest BCUT2D eigenvalue weighted by Gasteiger charge is 2.32. The van der Waals surface area contributed by atoms with Crippen LogP contribution in [0.1, 0.15) is 19.4 Å². The summed E-state index contributed by atoms with van der Waals surface area (Å²) in [5.74, 6) is -0.440. The Morgan fingerprint density at radius 3 is 2.70 bits per heavy atom. The van der Waals surface area contributed by atoms with Crippen molar-refractivity contribution in [1.82, 2.24) is 14.5 Å². The fourth-order valence-corrected chi connectivity index (χ4v) is 2.82. The number of nitrogens with two attached hydrogens (primary N) is 1. The number of rotatable bonds is 3. The van der Waals surface area contributed by atoms with Gasteiger partial charge in [0.05, 0.1) is 11.1 Å². The highest BCUT2D eigenvalue weighted by molar-refractivity contribution is 6.28. The zero-order valence-electron chi connectivity index (χ0n) is 13.2. The smallest absolute Gasteiger partial charge is 0.227 e. The van der Waals surface area contributed by atoms with Crippen LogP contribution in [0.3, 0.4) is 0 Å². The van der Waals surface area contributed by atoms with E-state index in [-0.39, 0.29) is 5.28 Å². The van der Waals surface area contributed by atoms with Crippen molar-refractivity contribution < 1.29 is 4.79 Å². The zero-order valence-corrected chi connectivity index (χ0v) is 13.9. The van der Waals surface area contributed by atoms with Gasteiger partial charge in [-0.25, -0.2) is 9.97 Å². The van der Waals surface area contributed by atoms with Gasteiger partial charge in [0.1, 0.15) is 0 Å². The lowest BCUT2D eigenvalue weighted by molar-refractivity contribution is -0.122. The van der Waals surface area contributed by atoms with Gasteiger partial charge in [-0.15, -0.1) is 0 Å². The normalized spacial score (nSPS) is 11.8. The predicted octanol–water partition coefficient (Wildman–Crippen LogP) is 3.05. The Morgan fingerprint density at radius 1 is 1.30 bits per heavy atom. The number of aryl methyl sites for hydroxylation is 1. The van der Waals surface area contributed by atoms with Crippen molar-refractivity contribution in [3.05, 3.63) is 47.5 Å². The van der Waals surface area contributed by atoms with E-state index in [4.69, 9.17) is 17.3 Å². The summed E-state index contributed by atoms with van der Waals surface area (Å²) in [5, 5.41) is 1.17. The number of fused-ring (bicyclic) bond motifs is 1. The number of aromatic nitrogens is 3. The molecule has 6 heteroatoms. The van der Waals surface area contributed by atoms with E-state index < -0.39 is 11.3 Å². The molecule has 3 aromatic rings. The average Bonchev–Trinajstić information content (AvgIpc) is 2.84. The molecule has 118 valence electrons. The third kappa shape index (κ3) is 2.47. The third-order valence-corrected chi connectivity index (χ3v) is 4.38. The summed E-state index contributed by atoms with van der Waals surface area (Å²) >= 11 is 6.01. The van der Waals surface area contributed by atoms with Crippen LogP contribution in [0.5, 0.6) is 0 Å². The number of para-hydroxylation sites is 1. The summed E-state index contributed by atoms with van der Waals surface area (Å²) in [6, 6.07) is 7.99. The number of halogens is 1. The molecule has 2 heterocycles. The summed E-state index contributed by atoms with van der Waals surface area (Å²) in [6.45, 7) is 3.52. The molecule has 0 aliphatic carbocycles. The molecule has 0 aliphatic rings. The maximum Gasteiger partial charge on any atom is 0.227 e. The van der Waals surface area contributed by atoms with Gasteiger partial charge in [-0.3, -0.25) is 4.79 Å². The van der Waals surface area contributed by atoms with Crippen molar-refractivity contribution in [2.24, 2.45) is 12.8 Å². The summed E-state index contributed by atoms with van der Waals surface area (Å²) in [7, 11) is 1.97. The van der Waals surface area contributed by atoms with E-state index in [1.807, 2.05) is 42.1 Å². The molecule has 0 atom stereocenters. The van der Waals surface area contributed by atoms with Crippen LogP contribution in [0, 0.1) is 0 Å². The van der Waals surface area contributed by atoms with Crippen LogP contribution in [-0.2, 0) is 17.3 Å². The second-order valence-electron chi connectivity index (χ2n) is 6.06. The van der Waals surface area contributed by atoms with Crippen LogP contribution < -0.4 is 5.73 Å². The molecule has 5 nitrogen and oxygen atoms in total. The average molecular weight is 329 g/mol. The van der Waals surface area contributed by atoms with Crippen LogP contribution >= 0.6 is 11.6 Å². The molecular weight excluding hydrogens is 312 g/mol.